The van der Waals surface area contributed by atoms with Crippen molar-refractivity contribution < 1.29 is 26.2 Å². The molecule has 4 rings (SSSR count). The van der Waals surface area contributed by atoms with E-state index in [9.17, 15) is 17.6 Å². The summed E-state index contributed by atoms with van der Waals surface area (Å²) in [6.45, 7) is 4.91. The van der Waals surface area contributed by atoms with Crippen LogP contribution < -0.4 is 10.6 Å². The Morgan fingerprint density at radius 1 is 1.25 bits per heavy atom. The Bertz CT molecular complexity index is 1550. The highest BCUT2D eigenvalue weighted by Gasteiger charge is 2.33. The van der Waals surface area contributed by atoms with Gasteiger partial charge in [-0.05, 0) is 35.1 Å². The minimum Gasteiger partial charge on any atom is -0.379 e. The average molecular weight is 555 g/mol. The van der Waals surface area contributed by atoms with Crippen LogP contribution in [0.4, 0.5) is 25.1 Å². The molecular formula is C23H21ClF2N4O4S2. The first-order valence-electron chi connectivity index (χ1n) is 10.5. The van der Waals surface area contributed by atoms with Crippen molar-refractivity contribution in [1.82, 2.24) is 9.97 Å². The number of carbonyl (C=O) groups excluding carboxylic acids is 1. The van der Waals surface area contributed by atoms with Gasteiger partial charge in [0.25, 0.3) is 0 Å². The van der Waals surface area contributed by atoms with Crippen molar-refractivity contribution in [1.29, 1.82) is 0 Å². The smallest absolute Gasteiger partial charge is 0.379 e. The summed E-state index contributed by atoms with van der Waals surface area (Å²) in [5.41, 5.74) is 1.36. The molecule has 0 aliphatic carbocycles. The van der Waals surface area contributed by atoms with Crippen molar-refractivity contribution in [2.24, 2.45) is 0 Å². The number of nitrogens with zero attached hydrogens (tertiary/aromatic N) is 1. The van der Waals surface area contributed by atoms with Crippen LogP contribution in [0.5, 0.6) is 0 Å². The van der Waals surface area contributed by atoms with Gasteiger partial charge in [-0.3, -0.25) is 5.32 Å². The van der Waals surface area contributed by atoms with Crippen LogP contribution in [0.25, 0.3) is 10.9 Å². The Hall–Kier alpha value is -3.22. The third-order valence-corrected chi connectivity index (χ3v) is 7.36. The van der Waals surface area contributed by atoms with Gasteiger partial charge in [-0.25, -0.2) is 18.6 Å². The molecule has 13 heteroatoms. The van der Waals surface area contributed by atoms with Gasteiger partial charge in [-0.1, -0.05) is 32.4 Å². The van der Waals surface area contributed by atoms with Crippen LogP contribution in [-0.4, -0.2) is 24.5 Å². The number of rotatable bonds is 6. The van der Waals surface area contributed by atoms with Crippen molar-refractivity contribution in [3.05, 3.63) is 69.1 Å². The maximum atomic E-state index is 15.8. The molecule has 8 nitrogen and oxygen atoms in total. The van der Waals surface area contributed by atoms with Gasteiger partial charge < -0.3 is 14.5 Å². The lowest BCUT2D eigenvalue weighted by molar-refractivity contribution is 0.216. The van der Waals surface area contributed by atoms with Gasteiger partial charge in [-0.2, -0.15) is 8.42 Å². The quantitative estimate of drug-likeness (QED) is 0.238. The van der Waals surface area contributed by atoms with E-state index >= 15 is 4.39 Å². The molecule has 2 aromatic carbocycles. The number of anilines is 2. The number of fused-ring (bicyclic) bond motifs is 1. The number of carbonyl (C=O) groups is 1. The van der Waals surface area contributed by atoms with Crippen LogP contribution >= 0.6 is 22.9 Å². The van der Waals surface area contributed by atoms with Crippen molar-refractivity contribution in [3.8, 4) is 0 Å². The highest BCUT2D eigenvalue weighted by Crippen LogP contribution is 2.41. The number of halogens is 3. The van der Waals surface area contributed by atoms with Crippen molar-refractivity contribution in [3.63, 3.8) is 0 Å². The van der Waals surface area contributed by atoms with Gasteiger partial charge >= 0.3 is 16.2 Å². The van der Waals surface area contributed by atoms with Crippen LogP contribution in [0.3, 0.4) is 0 Å². The standard InChI is InChI=1S/C23H21ClF2N4O4S2/c1-23(2,3)18-19(26)16(36(32,33)34-22(31)30-17-10-35-11-29-17)8-14(24)21(18)28-9-13-15(25)5-4-12-6-7-27-20(12)13/h4-8,10-11,27-28H,9H2,1-3H3,(H,30,31). The molecule has 0 bridgehead atoms. The second-order valence-corrected chi connectivity index (χ2v) is 11.5. The zero-order valence-corrected chi connectivity index (χ0v) is 21.7. The second-order valence-electron chi connectivity index (χ2n) is 8.82. The Labute approximate surface area is 214 Å². The monoisotopic (exact) mass is 554 g/mol. The molecule has 0 saturated carbocycles. The predicted octanol–water partition coefficient (Wildman–Crippen LogP) is 6.40. The van der Waals surface area contributed by atoms with Gasteiger partial charge in [0.2, 0.25) is 0 Å². The number of H-pyrrole nitrogens is 1. The van der Waals surface area contributed by atoms with E-state index in [2.05, 4.69) is 24.8 Å². The van der Waals surface area contributed by atoms with E-state index < -0.39 is 38.2 Å². The molecule has 4 aromatic rings. The summed E-state index contributed by atoms with van der Waals surface area (Å²) in [6.07, 6.45) is 0.316. The molecule has 1 amide bonds. The maximum Gasteiger partial charge on any atom is 0.428 e. The molecule has 190 valence electrons. The van der Waals surface area contributed by atoms with Crippen LogP contribution in [0.15, 0.2) is 46.2 Å². The first kappa shape index (κ1) is 25.9. The average Bonchev–Trinajstić information content (AvgIpc) is 3.45. The van der Waals surface area contributed by atoms with Gasteiger partial charge in [0, 0.05) is 29.2 Å². The normalized spacial score (nSPS) is 12.1. The molecule has 0 spiro atoms. The number of benzene rings is 2. The third-order valence-electron chi connectivity index (χ3n) is 5.27. The number of aromatic nitrogens is 2. The van der Waals surface area contributed by atoms with Crippen LogP contribution in [0.1, 0.15) is 31.9 Å². The summed E-state index contributed by atoms with van der Waals surface area (Å²) in [5, 5.41) is 7.21. The zero-order chi connectivity index (χ0) is 26.3. The number of nitrogens with one attached hydrogen (secondary N) is 3. The molecule has 2 heterocycles. The Morgan fingerprint density at radius 2 is 2.00 bits per heavy atom. The summed E-state index contributed by atoms with van der Waals surface area (Å²) < 4.78 is 60.5. The topological polar surface area (TPSA) is 113 Å². The molecule has 0 aliphatic rings. The molecule has 3 N–H and O–H groups in total. The SMILES string of the molecule is CC(C)(C)c1c(F)c(S(=O)(=O)OC(=O)Nc2cscn2)cc(Cl)c1NCc1c(F)ccc2cc[nH]c12. The fraction of sp³-hybridized carbons (Fsp3) is 0.217. The molecule has 0 atom stereocenters. The number of hydrogen-bond acceptors (Lipinski definition) is 7. The van der Waals surface area contributed by atoms with Crippen molar-refractivity contribution in [2.45, 2.75) is 37.6 Å². The lowest BCUT2D eigenvalue weighted by Crippen LogP contribution is -2.23. The number of aromatic amines is 1. The fourth-order valence-corrected chi connectivity index (χ4v) is 5.45. The predicted molar refractivity (Wildman–Crippen MR) is 135 cm³/mol. The fourth-order valence-electron chi connectivity index (χ4n) is 3.72. The van der Waals surface area contributed by atoms with Crippen molar-refractivity contribution >= 4 is 61.6 Å². The summed E-state index contributed by atoms with van der Waals surface area (Å²) in [7, 11) is -4.90. The first-order valence-corrected chi connectivity index (χ1v) is 13.3. The van der Waals surface area contributed by atoms with Crippen LogP contribution in [0, 0.1) is 11.6 Å². The minimum absolute atomic E-state index is 0.0649. The third kappa shape index (κ3) is 5.15. The maximum absolute atomic E-state index is 15.8. The van der Waals surface area contributed by atoms with Crippen LogP contribution in [0.2, 0.25) is 5.02 Å². The van der Waals surface area contributed by atoms with E-state index in [-0.39, 0.29) is 28.6 Å². The van der Waals surface area contributed by atoms with E-state index in [4.69, 9.17) is 11.6 Å². The number of hydrogen-bond donors (Lipinski definition) is 3. The van der Waals surface area contributed by atoms with Gasteiger partial charge in [0.1, 0.15) is 16.5 Å². The molecule has 0 radical (unpaired) electrons. The molecule has 0 saturated heterocycles. The van der Waals surface area contributed by atoms with Gasteiger partial charge in [0.15, 0.2) is 5.82 Å². The Morgan fingerprint density at radius 3 is 2.67 bits per heavy atom. The minimum atomic E-state index is -4.90. The van der Waals surface area contributed by atoms with E-state index in [1.807, 2.05) is 0 Å². The molecule has 0 aliphatic heterocycles. The van der Waals surface area contributed by atoms with E-state index in [0.717, 1.165) is 11.5 Å². The van der Waals surface area contributed by atoms with E-state index in [1.54, 1.807) is 39.1 Å². The number of amides is 1. The second kappa shape index (κ2) is 9.68. The molecule has 0 fully saturated rings. The first-order chi connectivity index (χ1) is 16.9. The van der Waals surface area contributed by atoms with Gasteiger partial charge in [-0.15, -0.1) is 11.3 Å². The summed E-state index contributed by atoms with van der Waals surface area (Å²) in [4.78, 5) is 17.9. The Kier molecular flexibility index (Phi) is 6.95. The van der Waals surface area contributed by atoms with Gasteiger partial charge in [0.05, 0.1) is 21.7 Å². The number of thiazole rings is 1. The highest BCUT2D eigenvalue weighted by atomic mass is 35.5. The zero-order valence-electron chi connectivity index (χ0n) is 19.3. The van der Waals surface area contributed by atoms with E-state index in [1.165, 1.54) is 28.3 Å². The van der Waals surface area contributed by atoms with E-state index in [0.29, 0.717) is 11.1 Å². The lowest BCUT2D eigenvalue weighted by Gasteiger charge is -2.26. The Balaban J connectivity index is 1.70. The van der Waals surface area contributed by atoms with Crippen LogP contribution in [-0.2, 0) is 26.3 Å². The molecule has 36 heavy (non-hydrogen) atoms. The molecule has 0 unspecified atom stereocenters. The van der Waals surface area contributed by atoms with Crippen molar-refractivity contribution in [2.75, 3.05) is 10.6 Å². The highest BCUT2D eigenvalue weighted by molar-refractivity contribution is 7.87. The summed E-state index contributed by atoms with van der Waals surface area (Å²) in [6, 6.07) is 5.59. The summed E-state index contributed by atoms with van der Waals surface area (Å²) >= 11 is 7.58. The summed E-state index contributed by atoms with van der Waals surface area (Å²) in [5.74, 6) is -1.54. The molecule has 2 aromatic heterocycles. The lowest BCUT2D eigenvalue weighted by atomic mass is 9.85. The molecular weight excluding hydrogens is 534 g/mol. The largest absolute Gasteiger partial charge is 0.428 e.